The van der Waals surface area contributed by atoms with Gasteiger partial charge in [0, 0.05) is 32.5 Å². The van der Waals surface area contributed by atoms with Crippen LogP contribution >= 0.6 is 0 Å². The summed E-state index contributed by atoms with van der Waals surface area (Å²) in [6.45, 7) is 2.26. The van der Waals surface area contributed by atoms with Gasteiger partial charge < -0.3 is 9.67 Å². The fourth-order valence-electron chi connectivity index (χ4n) is 1.49. The van der Waals surface area contributed by atoms with Crippen LogP contribution in [0.3, 0.4) is 0 Å². The smallest absolute Gasteiger partial charge is 0.244 e. The SMILES string of the molecule is CCCN(C)S(=O)(=O)c1cc(CO)n(C)c1. The van der Waals surface area contributed by atoms with Gasteiger partial charge in [0.25, 0.3) is 0 Å². The summed E-state index contributed by atoms with van der Waals surface area (Å²) < 4.78 is 27.0. The van der Waals surface area contributed by atoms with Crippen LogP contribution in [0.25, 0.3) is 0 Å². The molecule has 0 radical (unpaired) electrons. The van der Waals surface area contributed by atoms with Crippen molar-refractivity contribution in [2.45, 2.75) is 24.8 Å². The molecule has 1 rings (SSSR count). The van der Waals surface area contributed by atoms with Crippen molar-refractivity contribution in [1.82, 2.24) is 8.87 Å². The van der Waals surface area contributed by atoms with Gasteiger partial charge in [-0.25, -0.2) is 12.7 Å². The van der Waals surface area contributed by atoms with Crippen molar-refractivity contribution in [3.8, 4) is 0 Å². The van der Waals surface area contributed by atoms with E-state index in [9.17, 15) is 8.42 Å². The van der Waals surface area contributed by atoms with E-state index in [1.807, 2.05) is 6.92 Å². The number of aryl methyl sites for hydroxylation is 1. The molecule has 6 heteroatoms. The van der Waals surface area contributed by atoms with E-state index >= 15 is 0 Å². The summed E-state index contributed by atoms with van der Waals surface area (Å²) in [5.41, 5.74) is 0.587. The Morgan fingerprint density at radius 1 is 1.50 bits per heavy atom. The van der Waals surface area contributed by atoms with E-state index in [2.05, 4.69) is 0 Å². The maximum absolute atomic E-state index is 12.0. The molecule has 0 saturated heterocycles. The van der Waals surface area contributed by atoms with Gasteiger partial charge in [-0.1, -0.05) is 6.92 Å². The minimum Gasteiger partial charge on any atom is -0.390 e. The molecule has 0 spiro atoms. The number of aromatic nitrogens is 1. The Balaban J connectivity index is 3.07. The van der Waals surface area contributed by atoms with Crippen molar-refractivity contribution in [3.63, 3.8) is 0 Å². The Hall–Kier alpha value is -0.850. The van der Waals surface area contributed by atoms with Crippen LogP contribution in [0.5, 0.6) is 0 Å². The maximum atomic E-state index is 12.0. The molecule has 0 fully saturated rings. The molecule has 1 aromatic heterocycles. The zero-order valence-electron chi connectivity index (χ0n) is 9.84. The Kier molecular flexibility index (Phi) is 4.12. The third-order valence-electron chi connectivity index (χ3n) is 2.49. The third kappa shape index (κ3) is 2.45. The molecule has 16 heavy (non-hydrogen) atoms. The predicted octanol–water partition coefficient (Wildman–Crippen LogP) is 0.548. The van der Waals surface area contributed by atoms with Crippen LogP contribution in [0, 0.1) is 0 Å². The second kappa shape index (κ2) is 4.99. The van der Waals surface area contributed by atoms with E-state index in [0.717, 1.165) is 6.42 Å². The van der Waals surface area contributed by atoms with Gasteiger partial charge in [-0.3, -0.25) is 0 Å². The van der Waals surface area contributed by atoms with E-state index in [-0.39, 0.29) is 11.5 Å². The Labute approximate surface area is 96.4 Å². The van der Waals surface area contributed by atoms with E-state index in [1.54, 1.807) is 18.7 Å². The van der Waals surface area contributed by atoms with Crippen molar-refractivity contribution in [1.29, 1.82) is 0 Å². The summed E-state index contributed by atoms with van der Waals surface area (Å²) in [5, 5.41) is 9.01. The molecule has 0 bridgehead atoms. The molecule has 92 valence electrons. The monoisotopic (exact) mass is 246 g/mol. The molecule has 0 aromatic carbocycles. The number of hydrogen-bond donors (Lipinski definition) is 1. The van der Waals surface area contributed by atoms with Crippen LogP contribution in [0.2, 0.25) is 0 Å². The highest BCUT2D eigenvalue weighted by molar-refractivity contribution is 7.89. The molecule has 0 aliphatic heterocycles. The summed E-state index contributed by atoms with van der Waals surface area (Å²) in [4.78, 5) is 0.231. The fraction of sp³-hybridized carbons (Fsp3) is 0.600. The molecule has 1 N–H and O–H groups in total. The summed E-state index contributed by atoms with van der Waals surface area (Å²) in [6.07, 6.45) is 2.29. The lowest BCUT2D eigenvalue weighted by Gasteiger charge is -2.14. The summed E-state index contributed by atoms with van der Waals surface area (Å²) in [5.74, 6) is 0. The van der Waals surface area contributed by atoms with Gasteiger partial charge in [0.05, 0.1) is 6.61 Å². The molecule has 0 unspecified atom stereocenters. The van der Waals surface area contributed by atoms with E-state index in [4.69, 9.17) is 5.11 Å². The summed E-state index contributed by atoms with van der Waals surface area (Å²) in [6, 6.07) is 1.50. The molecular formula is C10H18N2O3S. The molecule has 1 heterocycles. The predicted molar refractivity (Wildman–Crippen MR) is 61.4 cm³/mol. The van der Waals surface area contributed by atoms with Gasteiger partial charge in [-0.2, -0.15) is 0 Å². The molecule has 0 aliphatic carbocycles. The first-order valence-electron chi connectivity index (χ1n) is 5.16. The quantitative estimate of drug-likeness (QED) is 0.825. The zero-order valence-corrected chi connectivity index (χ0v) is 10.7. The molecule has 0 atom stereocenters. The zero-order chi connectivity index (χ0) is 12.3. The van der Waals surface area contributed by atoms with Crippen molar-refractivity contribution in [3.05, 3.63) is 18.0 Å². The second-order valence-electron chi connectivity index (χ2n) is 3.76. The van der Waals surface area contributed by atoms with Crippen molar-refractivity contribution in [2.24, 2.45) is 7.05 Å². The second-order valence-corrected chi connectivity index (χ2v) is 5.81. The lowest BCUT2D eigenvalue weighted by Crippen LogP contribution is -2.27. The highest BCUT2D eigenvalue weighted by Gasteiger charge is 2.22. The van der Waals surface area contributed by atoms with Crippen LogP contribution in [-0.2, 0) is 23.7 Å². The largest absolute Gasteiger partial charge is 0.390 e. The van der Waals surface area contributed by atoms with Crippen LogP contribution < -0.4 is 0 Å². The number of nitrogens with zero attached hydrogens (tertiary/aromatic N) is 2. The van der Waals surface area contributed by atoms with Crippen LogP contribution in [0.4, 0.5) is 0 Å². The topological polar surface area (TPSA) is 62.5 Å². The Morgan fingerprint density at radius 3 is 2.56 bits per heavy atom. The number of aliphatic hydroxyl groups excluding tert-OH is 1. The van der Waals surface area contributed by atoms with Crippen LogP contribution in [0.15, 0.2) is 17.2 Å². The molecule has 5 nitrogen and oxygen atoms in total. The van der Waals surface area contributed by atoms with Gasteiger partial charge >= 0.3 is 0 Å². The van der Waals surface area contributed by atoms with E-state index in [0.29, 0.717) is 12.2 Å². The first-order chi connectivity index (χ1) is 7.43. The van der Waals surface area contributed by atoms with E-state index < -0.39 is 10.0 Å². The molecule has 0 saturated carbocycles. The molecule has 0 aliphatic rings. The summed E-state index contributed by atoms with van der Waals surface area (Å²) >= 11 is 0. The highest BCUT2D eigenvalue weighted by Crippen LogP contribution is 2.17. The van der Waals surface area contributed by atoms with Gasteiger partial charge in [0.1, 0.15) is 4.90 Å². The lowest BCUT2D eigenvalue weighted by atomic mass is 10.5. The molecule has 0 amide bonds. The number of aliphatic hydroxyl groups is 1. The minimum absolute atomic E-state index is 0.163. The van der Waals surface area contributed by atoms with Gasteiger partial charge in [-0.15, -0.1) is 0 Å². The summed E-state index contributed by atoms with van der Waals surface area (Å²) in [7, 11) is -0.139. The first kappa shape index (κ1) is 13.2. The van der Waals surface area contributed by atoms with Crippen molar-refractivity contribution in [2.75, 3.05) is 13.6 Å². The normalized spacial score (nSPS) is 12.3. The number of sulfonamides is 1. The van der Waals surface area contributed by atoms with Crippen molar-refractivity contribution < 1.29 is 13.5 Å². The Bertz CT molecular complexity index is 451. The van der Waals surface area contributed by atoms with Crippen molar-refractivity contribution >= 4 is 10.0 Å². The third-order valence-corrected chi connectivity index (χ3v) is 4.31. The average molecular weight is 246 g/mol. The Morgan fingerprint density at radius 2 is 2.12 bits per heavy atom. The van der Waals surface area contributed by atoms with Gasteiger partial charge in [0.2, 0.25) is 10.0 Å². The standard InChI is InChI=1S/C10H18N2O3S/c1-4-5-12(3)16(14,15)10-6-9(8-13)11(2)7-10/h6-7,13H,4-5,8H2,1-3H3. The van der Waals surface area contributed by atoms with Gasteiger partial charge in [-0.05, 0) is 12.5 Å². The number of rotatable bonds is 5. The molecule has 1 aromatic rings. The van der Waals surface area contributed by atoms with Crippen LogP contribution in [-0.4, -0.2) is 36.0 Å². The lowest BCUT2D eigenvalue weighted by molar-refractivity contribution is 0.272. The average Bonchev–Trinajstić information content (AvgIpc) is 2.60. The molecular weight excluding hydrogens is 228 g/mol. The first-order valence-corrected chi connectivity index (χ1v) is 6.60. The fourth-order valence-corrected chi connectivity index (χ4v) is 2.85. The van der Waals surface area contributed by atoms with Crippen LogP contribution in [0.1, 0.15) is 19.0 Å². The van der Waals surface area contributed by atoms with Gasteiger partial charge in [0.15, 0.2) is 0 Å². The number of hydrogen-bond acceptors (Lipinski definition) is 3. The maximum Gasteiger partial charge on any atom is 0.244 e. The highest BCUT2D eigenvalue weighted by atomic mass is 32.2. The van der Waals surface area contributed by atoms with E-state index in [1.165, 1.54) is 16.6 Å². The minimum atomic E-state index is -3.41.